The second kappa shape index (κ2) is 8.75. The first kappa shape index (κ1) is 20.4. The molecular formula is C18H19Cl2N3O2S2. The number of ether oxygens (including phenoxy) is 1. The number of rotatable bonds is 7. The third kappa shape index (κ3) is 4.55. The number of aromatic nitrogens is 1. The molecule has 3 rings (SSSR count). The summed E-state index contributed by atoms with van der Waals surface area (Å²) in [6.45, 7) is 3.66. The summed E-state index contributed by atoms with van der Waals surface area (Å²) < 4.78 is 7.51. The number of halogens is 2. The van der Waals surface area contributed by atoms with Gasteiger partial charge in [0.05, 0.1) is 21.2 Å². The van der Waals surface area contributed by atoms with Crippen LogP contribution in [0.3, 0.4) is 0 Å². The molecule has 144 valence electrons. The summed E-state index contributed by atoms with van der Waals surface area (Å²) in [6.07, 6.45) is 0. The molecule has 1 aromatic carbocycles. The van der Waals surface area contributed by atoms with E-state index in [1.54, 1.807) is 11.0 Å². The zero-order chi connectivity index (χ0) is 19.6. The van der Waals surface area contributed by atoms with Gasteiger partial charge in [0.15, 0.2) is 5.13 Å². The van der Waals surface area contributed by atoms with E-state index >= 15 is 0 Å². The van der Waals surface area contributed by atoms with Crippen molar-refractivity contribution in [2.45, 2.75) is 6.92 Å². The van der Waals surface area contributed by atoms with E-state index in [9.17, 15) is 4.79 Å². The van der Waals surface area contributed by atoms with Crippen molar-refractivity contribution in [3.8, 4) is 5.75 Å². The number of thiophene rings is 1. The number of para-hydroxylation sites is 1. The minimum Gasteiger partial charge on any atom is -0.492 e. The molecule has 9 heteroatoms. The molecule has 0 saturated heterocycles. The van der Waals surface area contributed by atoms with E-state index in [0.717, 1.165) is 10.2 Å². The molecule has 3 aromatic rings. The van der Waals surface area contributed by atoms with Gasteiger partial charge in [-0.15, -0.1) is 11.3 Å². The number of fused-ring (bicyclic) bond motifs is 1. The van der Waals surface area contributed by atoms with Gasteiger partial charge in [0.2, 0.25) is 0 Å². The van der Waals surface area contributed by atoms with Crippen LogP contribution < -0.4 is 9.64 Å². The summed E-state index contributed by atoms with van der Waals surface area (Å²) >= 11 is 14.9. The van der Waals surface area contributed by atoms with Gasteiger partial charge in [0.25, 0.3) is 5.91 Å². The molecule has 0 unspecified atom stereocenters. The zero-order valence-corrected chi connectivity index (χ0v) is 18.3. The number of nitrogens with zero attached hydrogens (tertiary/aromatic N) is 3. The van der Waals surface area contributed by atoms with Crippen molar-refractivity contribution in [1.29, 1.82) is 0 Å². The number of hydrogen-bond acceptors (Lipinski definition) is 6. The van der Waals surface area contributed by atoms with Crippen molar-refractivity contribution in [2.24, 2.45) is 0 Å². The lowest BCUT2D eigenvalue weighted by molar-refractivity contribution is 0.0986. The molecule has 0 spiro atoms. The van der Waals surface area contributed by atoms with Crippen LogP contribution in [0.4, 0.5) is 5.13 Å². The zero-order valence-electron chi connectivity index (χ0n) is 15.2. The standard InChI is InChI=1S/C18H19Cl2N3O2S2/c1-4-25-12-6-5-7-13-15(12)21-18(26-13)23(9-8-22(2)3)17(24)11-10-14(19)27-16(11)20/h5-7,10H,4,8-9H2,1-3H3. The van der Waals surface area contributed by atoms with Crippen LogP contribution in [-0.2, 0) is 0 Å². The summed E-state index contributed by atoms with van der Waals surface area (Å²) in [4.78, 5) is 21.6. The SMILES string of the molecule is CCOc1cccc2sc(N(CCN(C)C)C(=O)c3cc(Cl)sc3Cl)nc12. The van der Waals surface area contributed by atoms with Crippen LogP contribution in [0.25, 0.3) is 10.2 Å². The highest BCUT2D eigenvalue weighted by molar-refractivity contribution is 7.22. The van der Waals surface area contributed by atoms with Crippen LogP contribution in [0.15, 0.2) is 24.3 Å². The quantitative estimate of drug-likeness (QED) is 0.498. The van der Waals surface area contributed by atoms with Crippen LogP contribution in [0.5, 0.6) is 5.75 Å². The Morgan fingerprint density at radius 2 is 2.00 bits per heavy atom. The highest BCUT2D eigenvalue weighted by atomic mass is 35.5. The molecule has 2 heterocycles. The molecular weight excluding hydrogens is 425 g/mol. The highest BCUT2D eigenvalue weighted by Gasteiger charge is 2.25. The van der Waals surface area contributed by atoms with Gasteiger partial charge >= 0.3 is 0 Å². The highest BCUT2D eigenvalue weighted by Crippen LogP contribution is 2.37. The minimum atomic E-state index is -0.206. The van der Waals surface area contributed by atoms with Gasteiger partial charge in [-0.3, -0.25) is 9.69 Å². The van der Waals surface area contributed by atoms with Crippen LogP contribution >= 0.6 is 45.9 Å². The lowest BCUT2D eigenvalue weighted by Gasteiger charge is -2.21. The molecule has 0 aliphatic carbocycles. The molecule has 0 radical (unpaired) electrons. The van der Waals surface area contributed by atoms with Crippen LogP contribution in [-0.4, -0.2) is 49.6 Å². The van der Waals surface area contributed by atoms with Crippen molar-refractivity contribution in [3.63, 3.8) is 0 Å². The first-order valence-corrected chi connectivity index (χ1v) is 10.7. The first-order valence-electron chi connectivity index (χ1n) is 8.34. The molecule has 27 heavy (non-hydrogen) atoms. The third-order valence-corrected chi connectivity index (χ3v) is 6.34. The Morgan fingerprint density at radius 1 is 1.22 bits per heavy atom. The van der Waals surface area contributed by atoms with Gasteiger partial charge in [-0.2, -0.15) is 0 Å². The maximum absolute atomic E-state index is 13.2. The van der Waals surface area contributed by atoms with Crippen molar-refractivity contribution >= 4 is 67.1 Å². The largest absolute Gasteiger partial charge is 0.492 e. The lowest BCUT2D eigenvalue weighted by Crippen LogP contribution is -2.36. The number of amides is 1. The van der Waals surface area contributed by atoms with Crippen molar-refractivity contribution in [3.05, 3.63) is 38.5 Å². The number of benzene rings is 1. The van der Waals surface area contributed by atoms with Crippen molar-refractivity contribution in [2.75, 3.05) is 38.7 Å². The maximum atomic E-state index is 13.2. The number of likely N-dealkylation sites (N-methyl/N-ethyl adjacent to an activating group) is 1. The number of anilines is 1. The minimum absolute atomic E-state index is 0.206. The van der Waals surface area contributed by atoms with Gasteiger partial charge in [-0.25, -0.2) is 4.98 Å². The predicted molar refractivity (Wildman–Crippen MR) is 115 cm³/mol. The van der Waals surface area contributed by atoms with E-state index < -0.39 is 0 Å². The number of carbonyl (C=O) groups is 1. The number of thiazole rings is 1. The molecule has 0 bridgehead atoms. The Hall–Kier alpha value is -1.38. The summed E-state index contributed by atoms with van der Waals surface area (Å²) in [7, 11) is 3.92. The monoisotopic (exact) mass is 443 g/mol. The number of hydrogen-bond donors (Lipinski definition) is 0. The van der Waals surface area contributed by atoms with Gasteiger partial charge < -0.3 is 9.64 Å². The van der Waals surface area contributed by atoms with E-state index in [-0.39, 0.29) is 5.91 Å². The van der Waals surface area contributed by atoms with Crippen molar-refractivity contribution < 1.29 is 9.53 Å². The third-order valence-electron chi connectivity index (χ3n) is 3.80. The Labute approximate surface area is 176 Å². The van der Waals surface area contributed by atoms with E-state index in [1.807, 2.05) is 44.1 Å². The molecule has 0 aliphatic rings. The average Bonchev–Trinajstić information content (AvgIpc) is 3.18. The summed E-state index contributed by atoms with van der Waals surface area (Å²) in [5, 5.41) is 0.613. The topological polar surface area (TPSA) is 45.7 Å². The second-order valence-corrected chi connectivity index (χ2v) is 9.32. The normalized spacial score (nSPS) is 11.3. The fraction of sp³-hybridized carbons (Fsp3) is 0.333. The average molecular weight is 444 g/mol. The Morgan fingerprint density at radius 3 is 2.63 bits per heavy atom. The molecule has 0 saturated carbocycles. The first-order chi connectivity index (χ1) is 12.9. The second-order valence-electron chi connectivity index (χ2n) is 6.03. The lowest BCUT2D eigenvalue weighted by atomic mass is 10.3. The van der Waals surface area contributed by atoms with Crippen LogP contribution in [0, 0.1) is 0 Å². The van der Waals surface area contributed by atoms with Gasteiger partial charge in [-0.1, -0.05) is 40.6 Å². The van der Waals surface area contributed by atoms with E-state index in [2.05, 4.69) is 0 Å². The van der Waals surface area contributed by atoms with Crippen LogP contribution in [0.2, 0.25) is 8.67 Å². The molecule has 5 nitrogen and oxygen atoms in total. The van der Waals surface area contributed by atoms with Crippen molar-refractivity contribution in [1.82, 2.24) is 9.88 Å². The Bertz CT molecular complexity index is 955. The predicted octanol–water partition coefficient (Wildman–Crippen LogP) is 5.27. The summed E-state index contributed by atoms with van der Waals surface area (Å²) in [6, 6.07) is 7.40. The molecule has 0 fully saturated rings. The fourth-order valence-electron chi connectivity index (χ4n) is 2.51. The smallest absolute Gasteiger partial charge is 0.262 e. The van der Waals surface area contributed by atoms with Gasteiger partial charge in [0, 0.05) is 13.1 Å². The Kier molecular flexibility index (Phi) is 6.60. The van der Waals surface area contributed by atoms with Crippen LogP contribution in [0.1, 0.15) is 17.3 Å². The van der Waals surface area contributed by atoms with E-state index in [4.69, 9.17) is 32.9 Å². The van der Waals surface area contributed by atoms with Gasteiger partial charge in [0.1, 0.15) is 15.6 Å². The van der Waals surface area contributed by atoms with E-state index in [0.29, 0.717) is 44.8 Å². The van der Waals surface area contributed by atoms with E-state index in [1.165, 1.54) is 22.7 Å². The molecule has 0 N–H and O–H groups in total. The fourth-order valence-corrected chi connectivity index (χ4v) is 4.97. The number of carbonyl (C=O) groups excluding carboxylic acids is 1. The summed E-state index contributed by atoms with van der Waals surface area (Å²) in [5.74, 6) is 0.510. The summed E-state index contributed by atoms with van der Waals surface area (Å²) in [5.41, 5.74) is 1.16. The Balaban J connectivity index is 2.02. The molecule has 0 atom stereocenters. The molecule has 1 amide bonds. The maximum Gasteiger partial charge on any atom is 0.262 e. The molecule has 0 aliphatic heterocycles. The molecule has 2 aromatic heterocycles. The van der Waals surface area contributed by atoms with Gasteiger partial charge in [-0.05, 0) is 39.2 Å².